The Balaban J connectivity index is 2.41. The number of likely N-dealkylation sites (N-methyl/N-ethyl adjacent to an activating group) is 1. The van der Waals surface area contributed by atoms with Crippen LogP contribution in [-0.4, -0.2) is 35.8 Å². The van der Waals surface area contributed by atoms with Crippen molar-refractivity contribution in [2.75, 3.05) is 7.05 Å². The lowest BCUT2D eigenvalue weighted by Crippen LogP contribution is -2.48. The van der Waals surface area contributed by atoms with E-state index in [2.05, 4.69) is 12.2 Å². The molecule has 4 nitrogen and oxygen atoms in total. The van der Waals surface area contributed by atoms with Crippen LogP contribution >= 0.6 is 0 Å². The highest BCUT2D eigenvalue weighted by molar-refractivity contribution is 5.86. The van der Waals surface area contributed by atoms with Gasteiger partial charge in [0.2, 0.25) is 11.8 Å². The molecule has 0 heterocycles. The zero-order chi connectivity index (χ0) is 13.0. The maximum absolute atomic E-state index is 11.9. The number of amides is 2. The van der Waals surface area contributed by atoms with E-state index >= 15 is 0 Å². The molecule has 1 atom stereocenters. The Labute approximate surface area is 104 Å². The fraction of sp³-hybridized carbons (Fsp3) is 0.846. The van der Waals surface area contributed by atoms with E-state index in [4.69, 9.17) is 0 Å². The molecule has 2 amide bonds. The summed E-state index contributed by atoms with van der Waals surface area (Å²) in [6, 6.07) is -0.0895. The summed E-state index contributed by atoms with van der Waals surface area (Å²) in [6.07, 6.45) is 4.48. The van der Waals surface area contributed by atoms with Crippen molar-refractivity contribution in [1.82, 2.24) is 10.2 Å². The van der Waals surface area contributed by atoms with E-state index in [9.17, 15) is 9.59 Å². The van der Waals surface area contributed by atoms with Crippen LogP contribution in [0.4, 0.5) is 0 Å². The largest absolute Gasteiger partial charge is 0.352 e. The molecule has 1 aliphatic rings. The van der Waals surface area contributed by atoms with E-state index in [1.807, 2.05) is 0 Å². The highest BCUT2D eigenvalue weighted by Crippen LogP contribution is 2.23. The maximum atomic E-state index is 11.9. The molecule has 0 spiro atoms. The molecule has 0 unspecified atom stereocenters. The Kier molecular flexibility index (Phi) is 4.97. The quantitative estimate of drug-likeness (QED) is 0.813. The second-order valence-electron chi connectivity index (χ2n) is 5.27. The van der Waals surface area contributed by atoms with Gasteiger partial charge in [-0.25, -0.2) is 0 Å². The molecule has 0 radical (unpaired) electrons. The molecule has 0 bridgehead atoms. The lowest BCUT2D eigenvalue weighted by Gasteiger charge is -2.30. The standard InChI is InChI=1S/C13H24N2O2/c1-9-5-7-12(8-6-9)14-13(17)10(2)15(4)11(3)16/h9-10,12H,5-8H2,1-4H3,(H,14,17)/t9-,10-,12-/m0/s1. The number of hydrogen-bond donors (Lipinski definition) is 1. The molecule has 1 fully saturated rings. The van der Waals surface area contributed by atoms with Gasteiger partial charge in [-0.3, -0.25) is 9.59 Å². The number of nitrogens with zero attached hydrogens (tertiary/aromatic N) is 1. The van der Waals surface area contributed by atoms with E-state index in [-0.39, 0.29) is 17.9 Å². The topological polar surface area (TPSA) is 49.4 Å². The van der Waals surface area contributed by atoms with Crippen LogP contribution in [0.3, 0.4) is 0 Å². The number of carbonyl (C=O) groups excluding carboxylic acids is 2. The average molecular weight is 240 g/mol. The first-order valence-electron chi connectivity index (χ1n) is 6.45. The van der Waals surface area contributed by atoms with Gasteiger partial charge in [-0.15, -0.1) is 0 Å². The summed E-state index contributed by atoms with van der Waals surface area (Å²) < 4.78 is 0. The minimum absolute atomic E-state index is 0.0396. The number of hydrogen-bond acceptors (Lipinski definition) is 2. The summed E-state index contributed by atoms with van der Waals surface area (Å²) in [5.74, 6) is 0.660. The molecule has 0 saturated heterocycles. The van der Waals surface area contributed by atoms with Crippen LogP contribution in [0.2, 0.25) is 0 Å². The summed E-state index contributed by atoms with van der Waals surface area (Å²) in [4.78, 5) is 24.6. The number of nitrogens with one attached hydrogen (secondary N) is 1. The summed E-state index contributed by atoms with van der Waals surface area (Å²) in [7, 11) is 1.66. The van der Waals surface area contributed by atoms with Crippen LogP contribution in [0.15, 0.2) is 0 Å². The molecule has 0 aliphatic heterocycles. The van der Waals surface area contributed by atoms with Crippen molar-refractivity contribution in [3.63, 3.8) is 0 Å². The third-order valence-corrected chi connectivity index (χ3v) is 3.82. The predicted octanol–water partition coefficient (Wildman–Crippen LogP) is 1.55. The molecule has 4 heteroatoms. The van der Waals surface area contributed by atoms with Gasteiger partial charge < -0.3 is 10.2 Å². The number of rotatable bonds is 3. The molecule has 1 rings (SSSR count). The van der Waals surface area contributed by atoms with E-state index < -0.39 is 0 Å². The molecule has 1 aliphatic carbocycles. The first kappa shape index (κ1) is 14.0. The second kappa shape index (κ2) is 6.03. The van der Waals surface area contributed by atoms with E-state index in [0.29, 0.717) is 6.04 Å². The first-order chi connectivity index (χ1) is 7.91. The fourth-order valence-electron chi connectivity index (χ4n) is 2.17. The van der Waals surface area contributed by atoms with Crippen molar-refractivity contribution in [3.05, 3.63) is 0 Å². The molecule has 0 aromatic carbocycles. The van der Waals surface area contributed by atoms with Crippen molar-refractivity contribution in [2.24, 2.45) is 5.92 Å². The number of carbonyl (C=O) groups is 2. The highest BCUT2D eigenvalue weighted by atomic mass is 16.2. The van der Waals surface area contributed by atoms with Gasteiger partial charge in [-0.05, 0) is 38.5 Å². The SMILES string of the molecule is CC(=O)N(C)[C@@H](C)C(=O)N[C@H]1CC[C@H](C)CC1. The van der Waals surface area contributed by atoms with Gasteiger partial charge in [0.15, 0.2) is 0 Å². The van der Waals surface area contributed by atoms with Crippen LogP contribution in [-0.2, 0) is 9.59 Å². The predicted molar refractivity (Wildman–Crippen MR) is 67.5 cm³/mol. The first-order valence-corrected chi connectivity index (χ1v) is 6.45. The Bertz CT molecular complexity index is 283. The van der Waals surface area contributed by atoms with Crippen LogP contribution in [0.5, 0.6) is 0 Å². The molecule has 98 valence electrons. The van der Waals surface area contributed by atoms with Gasteiger partial charge >= 0.3 is 0 Å². The molecular weight excluding hydrogens is 216 g/mol. The van der Waals surface area contributed by atoms with Gasteiger partial charge in [0.05, 0.1) is 0 Å². The lowest BCUT2D eigenvalue weighted by atomic mass is 9.87. The van der Waals surface area contributed by atoms with Crippen molar-refractivity contribution in [2.45, 2.75) is 58.5 Å². The van der Waals surface area contributed by atoms with Crippen molar-refractivity contribution >= 4 is 11.8 Å². The average Bonchev–Trinajstić information content (AvgIpc) is 2.30. The summed E-state index contributed by atoms with van der Waals surface area (Å²) in [5.41, 5.74) is 0. The molecule has 0 aromatic heterocycles. The molecule has 0 aromatic rings. The Hall–Kier alpha value is -1.06. The molecule has 1 N–H and O–H groups in total. The third-order valence-electron chi connectivity index (χ3n) is 3.82. The van der Waals surface area contributed by atoms with E-state index in [1.54, 1.807) is 14.0 Å². The molecular formula is C13H24N2O2. The van der Waals surface area contributed by atoms with Crippen LogP contribution in [0.1, 0.15) is 46.5 Å². The van der Waals surface area contributed by atoms with Crippen LogP contribution < -0.4 is 5.32 Å². The summed E-state index contributed by atoms with van der Waals surface area (Å²) in [6.45, 7) is 5.50. The summed E-state index contributed by atoms with van der Waals surface area (Å²) >= 11 is 0. The maximum Gasteiger partial charge on any atom is 0.242 e. The van der Waals surface area contributed by atoms with Crippen molar-refractivity contribution in [1.29, 1.82) is 0 Å². The van der Waals surface area contributed by atoms with Crippen molar-refractivity contribution in [3.8, 4) is 0 Å². The zero-order valence-electron chi connectivity index (χ0n) is 11.3. The minimum atomic E-state index is -0.383. The molecule has 1 saturated carbocycles. The van der Waals surface area contributed by atoms with E-state index in [1.165, 1.54) is 24.7 Å². The zero-order valence-corrected chi connectivity index (χ0v) is 11.3. The monoisotopic (exact) mass is 240 g/mol. The highest BCUT2D eigenvalue weighted by Gasteiger charge is 2.24. The fourth-order valence-corrected chi connectivity index (χ4v) is 2.17. The normalized spacial score (nSPS) is 26.1. The Morgan fingerprint density at radius 1 is 1.24 bits per heavy atom. The molecule has 17 heavy (non-hydrogen) atoms. The van der Waals surface area contributed by atoms with Gasteiger partial charge in [-0.2, -0.15) is 0 Å². The van der Waals surface area contributed by atoms with Gasteiger partial charge in [-0.1, -0.05) is 6.92 Å². The van der Waals surface area contributed by atoms with Gasteiger partial charge in [0.1, 0.15) is 6.04 Å². The Morgan fingerprint density at radius 3 is 2.24 bits per heavy atom. The van der Waals surface area contributed by atoms with Crippen molar-refractivity contribution < 1.29 is 9.59 Å². The minimum Gasteiger partial charge on any atom is -0.352 e. The summed E-state index contributed by atoms with van der Waals surface area (Å²) in [5, 5.41) is 3.04. The van der Waals surface area contributed by atoms with Crippen LogP contribution in [0, 0.1) is 5.92 Å². The van der Waals surface area contributed by atoms with Gasteiger partial charge in [0.25, 0.3) is 0 Å². The lowest BCUT2D eigenvalue weighted by molar-refractivity contribution is -0.137. The second-order valence-corrected chi connectivity index (χ2v) is 5.27. The van der Waals surface area contributed by atoms with Crippen LogP contribution in [0.25, 0.3) is 0 Å². The smallest absolute Gasteiger partial charge is 0.242 e. The van der Waals surface area contributed by atoms with Gasteiger partial charge in [0, 0.05) is 20.0 Å². The third kappa shape index (κ3) is 4.02. The van der Waals surface area contributed by atoms with E-state index in [0.717, 1.165) is 18.8 Å². The Morgan fingerprint density at radius 2 is 1.76 bits per heavy atom.